The number of para-hydroxylation sites is 1. The van der Waals surface area contributed by atoms with Gasteiger partial charge in [0, 0.05) is 42.1 Å². The van der Waals surface area contributed by atoms with Gasteiger partial charge in [0.1, 0.15) is 11.2 Å². The highest BCUT2D eigenvalue weighted by Crippen LogP contribution is 2.42. The fraction of sp³-hybridized carbons (Fsp3) is 0. The molecule has 0 aliphatic heterocycles. The van der Waals surface area contributed by atoms with E-state index in [1.54, 1.807) is 0 Å². The van der Waals surface area contributed by atoms with E-state index in [1.807, 2.05) is 84.1 Å². The highest BCUT2D eigenvalue weighted by atomic mass is 32.1. The quantitative estimate of drug-likeness (QED) is 0.207. The highest BCUT2D eigenvalue weighted by molar-refractivity contribution is 7.26. The van der Waals surface area contributed by atoms with Crippen LogP contribution in [-0.2, 0) is 0 Å². The standard InChI is InChI=1S/C39H23N3OS/c1-3-11-24(12-4-1)37-40-38(25-13-5-2-6-14-25)42-39(41-37)32-19-10-17-30-28-22-21-26(23-33(28)43-35(30)32)27-16-9-18-31-29-15-7-8-20-34(29)44-36(27)31/h1-23H. The number of rotatable bonds is 4. The van der Waals surface area contributed by atoms with Crippen LogP contribution in [0, 0.1) is 0 Å². The summed E-state index contributed by atoms with van der Waals surface area (Å²) in [6, 6.07) is 48.0. The van der Waals surface area contributed by atoms with Gasteiger partial charge in [-0.3, -0.25) is 0 Å². The van der Waals surface area contributed by atoms with E-state index in [-0.39, 0.29) is 0 Å². The molecule has 3 aromatic heterocycles. The lowest BCUT2D eigenvalue weighted by atomic mass is 10.0. The van der Waals surface area contributed by atoms with Crippen LogP contribution in [0.3, 0.4) is 0 Å². The Balaban J connectivity index is 1.23. The van der Waals surface area contributed by atoms with Crippen molar-refractivity contribution >= 4 is 53.4 Å². The van der Waals surface area contributed by atoms with E-state index in [9.17, 15) is 0 Å². The minimum absolute atomic E-state index is 0.581. The molecule has 5 heteroatoms. The van der Waals surface area contributed by atoms with E-state index in [2.05, 4.69) is 66.7 Å². The zero-order valence-electron chi connectivity index (χ0n) is 23.4. The van der Waals surface area contributed by atoms with Crippen molar-refractivity contribution in [3.63, 3.8) is 0 Å². The van der Waals surface area contributed by atoms with Crippen LogP contribution in [-0.4, -0.2) is 15.0 Å². The molecule has 0 aliphatic rings. The van der Waals surface area contributed by atoms with Gasteiger partial charge in [-0.25, -0.2) is 15.0 Å². The molecule has 3 heterocycles. The summed E-state index contributed by atoms with van der Waals surface area (Å²) < 4.78 is 9.25. The van der Waals surface area contributed by atoms with Crippen molar-refractivity contribution in [2.24, 2.45) is 0 Å². The van der Waals surface area contributed by atoms with Gasteiger partial charge in [0.15, 0.2) is 17.5 Å². The maximum Gasteiger partial charge on any atom is 0.167 e. The van der Waals surface area contributed by atoms with Crippen molar-refractivity contribution in [1.29, 1.82) is 0 Å². The molecule has 0 spiro atoms. The summed E-state index contributed by atoms with van der Waals surface area (Å²) in [5.41, 5.74) is 6.66. The molecule has 6 aromatic carbocycles. The molecule has 0 N–H and O–H groups in total. The van der Waals surface area contributed by atoms with Gasteiger partial charge in [-0.1, -0.05) is 115 Å². The van der Waals surface area contributed by atoms with Crippen molar-refractivity contribution in [1.82, 2.24) is 15.0 Å². The minimum Gasteiger partial charge on any atom is -0.455 e. The number of nitrogens with zero attached hydrogens (tertiary/aromatic N) is 3. The minimum atomic E-state index is 0.581. The first-order valence-electron chi connectivity index (χ1n) is 14.5. The molecule has 9 aromatic rings. The number of benzene rings is 6. The van der Waals surface area contributed by atoms with E-state index in [0.29, 0.717) is 17.5 Å². The fourth-order valence-electron chi connectivity index (χ4n) is 6.05. The van der Waals surface area contributed by atoms with E-state index >= 15 is 0 Å². The summed E-state index contributed by atoms with van der Waals surface area (Å²) in [5.74, 6) is 1.83. The van der Waals surface area contributed by atoms with Crippen LogP contribution in [0.1, 0.15) is 0 Å². The van der Waals surface area contributed by atoms with Crippen LogP contribution in [0.15, 0.2) is 144 Å². The summed E-state index contributed by atoms with van der Waals surface area (Å²) in [4.78, 5) is 14.8. The zero-order chi connectivity index (χ0) is 29.0. The smallest absolute Gasteiger partial charge is 0.167 e. The molecule has 0 unspecified atom stereocenters. The first-order valence-corrected chi connectivity index (χ1v) is 15.3. The van der Waals surface area contributed by atoms with E-state index in [4.69, 9.17) is 19.4 Å². The second-order valence-electron chi connectivity index (χ2n) is 10.8. The predicted octanol–water partition coefficient (Wildman–Crippen LogP) is 10.8. The number of hydrogen-bond acceptors (Lipinski definition) is 5. The molecule has 0 saturated carbocycles. The van der Waals surface area contributed by atoms with Gasteiger partial charge in [0.05, 0.1) is 5.56 Å². The number of aromatic nitrogens is 3. The predicted molar refractivity (Wildman–Crippen MR) is 182 cm³/mol. The van der Waals surface area contributed by atoms with Gasteiger partial charge in [0.2, 0.25) is 0 Å². The van der Waals surface area contributed by atoms with Crippen molar-refractivity contribution in [3.8, 4) is 45.3 Å². The Morgan fingerprint density at radius 1 is 0.432 bits per heavy atom. The summed E-state index contributed by atoms with van der Waals surface area (Å²) in [6.07, 6.45) is 0. The normalized spacial score (nSPS) is 11.6. The van der Waals surface area contributed by atoms with Gasteiger partial charge >= 0.3 is 0 Å². The largest absolute Gasteiger partial charge is 0.455 e. The molecule has 4 nitrogen and oxygen atoms in total. The van der Waals surface area contributed by atoms with Crippen LogP contribution < -0.4 is 0 Å². The van der Waals surface area contributed by atoms with E-state index in [0.717, 1.165) is 44.2 Å². The van der Waals surface area contributed by atoms with Crippen LogP contribution in [0.25, 0.3) is 87.4 Å². The van der Waals surface area contributed by atoms with Crippen molar-refractivity contribution in [2.45, 2.75) is 0 Å². The molecule has 0 amide bonds. The molecular formula is C39H23N3OS. The maximum atomic E-state index is 6.67. The monoisotopic (exact) mass is 581 g/mol. The number of hydrogen-bond donors (Lipinski definition) is 0. The third-order valence-corrected chi connectivity index (χ3v) is 9.37. The van der Waals surface area contributed by atoms with Gasteiger partial charge < -0.3 is 4.42 Å². The van der Waals surface area contributed by atoms with Crippen LogP contribution in [0.5, 0.6) is 0 Å². The van der Waals surface area contributed by atoms with Crippen molar-refractivity contribution in [3.05, 3.63) is 140 Å². The molecular weight excluding hydrogens is 559 g/mol. The second kappa shape index (κ2) is 9.97. The average molecular weight is 582 g/mol. The average Bonchev–Trinajstić information content (AvgIpc) is 3.67. The SMILES string of the molecule is c1ccc(-c2nc(-c3ccccc3)nc(-c3cccc4c3oc3cc(-c5cccc6c5sc5ccccc56)ccc34)n2)cc1. The molecule has 206 valence electrons. The Kier molecular flexibility index (Phi) is 5.64. The Labute approximate surface area is 256 Å². The Hall–Kier alpha value is -5.65. The number of thiophene rings is 1. The summed E-state index contributed by atoms with van der Waals surface area (Å²) in [6.45, 7) is 0. The molecule has 0 radical (unpaired) electrons. The molecule has 0 bridgehead atoms. The summed E-state index contributed by atoms with van der Waals surface area (Å²) >= 11 is 1.84. The van der Waals surface area contributed by atoms with Crippen molar-refractivity contribution < 1.29 is 4.42 Å². The molecule has 0 saturated heterocycles. The lowest BCUT2D eigenvalue weighted by Crippen LogP contribution is -2.00. The van der Waals surface area contributed by atoms with Crippen molar-refractivity contribution in [2.75, 3.05) is 0 Å². The Morgan fingerprint density at radius 3 is 1.80 bits per heavy atom. The van der Waals surface area contributed by atoms with Gasteiger partial charge in [-0.05, 0) is 35.4 Å². The molecule has 0 atom stereocenters. The van der Waals surface area contributed by atoms with Crippen LogP contribution in [0.4, 0.5) is 0 Å². The zero-order valence-corrected chi connectivity index (χ0v) is 24.3. The third-order valence-electron chi connectivity index (χ3n) is 8.15. The molecule has 0 fully saturated rings. The summed E-state index contributed by atoms with van der Waals surface area (Å²) in [7, 11) is 0. The fourth-order valence-corrected chi connectivity index (χ4v) is 7.28. The van der Waals surface area contributed by atoms with Gasteiger partial charge in [-0.2, -0.15) is 0 Å². The first-order chi connectivity index (χ1) is 21.8. The second-order valence-corrected chi connectivity index (χ2v) is 11.9. The molecule has 0 aliphatic carbocycles. The lowest BCUT2D eigenvalue weighted by Gasteiger charge is -2.08. The van der Waals surface area contributed by atoms with Crippen LogP contribution >= 0.6 is 11.3 Å². The Bertz CT molecular complexity index is 2440. The highest BCUT2D eigenvalue weighted by Gasteiger charge is 2.18. The topological polar surface area (TPSA) is 51.8 Å². The summed E-state index contributed by atoms with van der Waals surface area (Å²) in [5, 5.41) is 4.68. The van der Waals surface area contributed by atoms with E-state index < -0.39 is 0 Å². The maximum absolute atomic E-state index is 6.67. The van der Waals surface area contributed by atoms with Gasteiger partial charge in [-0.15, -0.1) is 11.3 Å². The number of furan rings is 1. The van der Waals surface area contributed by atoms with Gasteiger partial charge in [0.25, 0.3) is 0 Å². The first kappa shape index (κ1) is 24.9. The third kappa shape index (κ3) is 4.02. The van der Waals surface area contributed by atoms with Crippen LogP contribution in [0.2, 0.25) is 0 Å². The van der Waals surface area contributed by atoms with E-state index in [1.165, 1.54) is 25.7 Å². The Morgan fingerprint density at radius 2 is 1.05 bits per heavy atom. The molecule has 9 rings (SSSR count). The molecule has 44 heavy (non-hydrogen) atoms. The lowest BCUT2D eigenvalue weighted by molar-refractivity contribution is 0.669. The number of fused-ring (bicyclic) bond motifs is 6.